The Labute approximate surface area is 115 Å². The van der Waals surface area contributed by atoms with Crippen LogP contribution in [0.4, 0.5) is 0 Å². The van der Waals surface area contributed by atoms with Crippen molar-refractivity contribution in [3.63, 3.8) is 0 Å². The molecule has 1 unspecified atom stereocenters. The molecule has 1 atom stereocenters. The maximum Gasteiger partial charge on any atom is 0.371 e. The van der Waals surface area contributed by atoms with Crippen LogP contribution in [0.3, 0.4) is 0 Å². The number of aliphatic carboxylic acids is 1. The van der Waals surface area contributed by atoms with Gasteiger partial charge in [0.05, 0.1) is 0 Å². The van der Waals surface area contributed by atoms with Gasteiger partial charge in [-0.15, -0.1) is 0 Å². The smallest absolute Gasteiger partial charge is 0.371 e. The molecule has 1 aromatic heterocycles. The monoisotopic (exact) mass is 283 g/mol. The lowest BCUT2D eigenvalue weighted by atomic mass is 10.0. The second-order valence-electron chi connectivity index (χ2n) is 4.17. The van der Waals surface area contributed by atoms with Crippen molar-refractivity contribution < 1.29 is 29.0 Å². The van der Waals surface area contributed by atoms with Crippen LogP contribution in [0.15, 0.2) is 16.5 Å². The first-order valence-electron chi connectivity index (χ1n) is 6.24. The van der Waals surface area contributed by atoms with E-state index in [2.05, 4.69) is 0 Å². The number of furan rings is 1. The Kier molecular flexibility index (Phi) is 5.31. The van der Waals surface area contributed by atoms with E-state index >= 15 is 0 Å². The fraction of sp³-hybridized carbons (Fsp3) is 0.462. The van der Waals surface area contributed by atoms with Gasteiger partial charge in [0.2, 0.25) is 11.7 Å². The van der Waals surface area contributed by atoms with Gasteiger partial charge in [-0.05, 0) is 26.0 Å². The minimum atomic E-state index is -1.28. The van der Waals surface area contributed by atoms with Crippen molar-refractivity contribution in [3.05, 3.63) is 23.7 Å². The Bertz CT molecular complexity index is 503. The van der Waals surface area contributed by atoms with Crippen LogP contribution in [-0.4, -0.2) is 46.0 Å². The molecule has 0 radical (unpaired) electrons. The van der Waals surface area contributed by atoms with Gasteiger partial charge in [0, 0.05) is 19.5 Å². The maximum atomic E-state index is 11.9. The average molecular weight is 283 g/mol. The molecule has 1 heterocycles. The van der Waals surface area contributed by atoms with Gasteiger partial charge in [0.25, 0.3) is 0 Å². The van der Waals surface area contributed by atoms with Crippen molar-refractivity contribution in [1.82, 2.24) is 4.90 Å². The summed E-state index contributed by atoms with van der Waals surface area (Å²) in [5, 5.41) is 17.9. The Morgan fingerprint density at radius 3 is 2.20 bits per heavy atom. The van der Waals surface area contributed by atoms with Gasteiger partial charge in [-0.2, -0.15) is 0 Å². The van der Waals surface area contributed by atoms with Gasteiger partial charge in [-0.3, -0.25) is 9.59 Å². The van der Waals surface area contributed by atoms with E-state index in [-0.39, 0.29) is 23.8 Å². The summed E-state index contributed by atoms with van der Waals surface area (Å²) in [6.07, 6.45) is -0.260. The predicted molar refractivity (Wildman–Crippen MR) is 68.6 cm³/mol. The number of carbonyl (C=O) groups excluding carboxylic acids is 1. The molecule has 0 bridgehead atoms. The van der Waals surface area contributed by atoms with Crippen molar-refractivity contribution in [2.45, 2.75) is 26.2 Å². The molecule has 110 valence electrons. The molecule has 0 fully saturated rings. The number of carbonyl (C=O) groups is 3. The van der Waals surface area contributed by atoms with Gasteiger partial charge in [-0.25, -0.2) is 4.79 Å². The van der Waals surface area contributed by atoms with E-state index in [9.17, 15) is 19.5 Å². The molecule has 7 nitrogen and oxygen atoms in total. The van der Waals surface area contributed by atoms with E-state index < -0.39 is 17.9 Å². The number of amides is 1. The van der Waals surface area contributed by atoms with Crippen LogP contribution in [0.1, 0.15) is 42.5 Å². The van der Waals surface area contributed by atoms with Crippen LogP contribution in [-0.2, 0) is 9.59 Å². The third-order valence-corrected chi connectivity index (χ3v) is 2.97. The normalized spacial score (nSPS) is 11.9. The molecular weight excluding hydrogens is 266 g/mol. The van der Waals surface area contributed by atoms with Gasteiger partial charge in [0.1, 0.15) is 11.7 Å². The molecule has 1 aromatic rings. The first-order chi connectivity index (χ1) is 9.40. The van der Waals surface area contributed by atoms with Crippen molar-refractivity contribution in [2.75, 3.05) is 13.1 Å². The highest BCUT2D eigenvalue weighted by molar-refractivity contribution is 5.87. The molecule has 7 heteroatoms. The molecule has 0 aliphatic carbocycles. The van der Waals surface area contributed by atoms with E-state index in [4.69, 9.17) is 9.52 Å². The van der Waals surface area contributed by atoms with Crippen LogP contribution >= 0.6 is 0 Å². The number of nitrogens with zero attached hydrogens (tertiary/aromatic N) is 1. The summed E-state index contributed by atoms with van der Waals surface area (Å²) in [4.78, 5) is 35.4. The van der Waals surface area contributed by atoms with Crippen molar-refractivity contribution in [2.24, 2.45) is 0 Å². The molecule has 1 rings (SSSR count). The lowest BCUT2D eigenvalue weighted by Gasteiger charge is -2.20. The number of rotatable bonds is 7. The molecule has 2 N–H and O–H groups in total. The summed E-state index contributed by atoms with van der Waals surface area (Å²) in [6, 6.07) is 2.45. The second-order valence-corrected chi connectivity index (χ2v) is 4.17. The highest BCUT2D eigenvalue weighted by Crippen LogP contribution is 2.23. The summed E-state index contributed by atoms with van der Waals surface area (Å²) in [6.45, 7) is 4.57. The average Bonchev–Trinajstić information content (AvgIpc) is 2.86. The number of hydrogen-bond donors (Lipinski definition) is 2. The lowest BCUT2D eigenvalue weighted by molar-refractivity contribution is -0.143. The zero-order valence-corrected chi connectivity index (χ0v) is 11.3. The topological polar surface area (TPSA) is 108 Å². The van der Waals surface area contributed by atoms with Crippen molar-refractivity contribution in [3.8, 4) is 0 Å². The molecule has 0 saturated carbocycles. The van der Waals surface area contributed by atoms with Crippen LogP contribution in [0, 0.1) is 0 Å². The summed E-state index contributed by atoms with van der Waals surface area (Å²) < 4.78 is 4.97. The Hall–Kier alpha value is -2.31. The Morgan fingerprint density at radius 1 is 1.20 bits per heavy atom. The van der Waals surface area contributed by atoms with Crippen LogP contribution < -0.4 is 0 Å². The van der Waals surface area contributed by atoms with Crippen LogP contribution in [0.5, 0.6) is 0 Å². The standard InChI is InChI=1S/C13H17NO6/c1-3-14(4-2)11(15)7-8(12(16)17)9-5-6-10(20-9)13(18)19/h5-6,8H,3-4,7H2,1-2H3,(H,16,17)(H,18,19). The molecule has 1 amide bonds. The summed E-state index contributed by atoms with van der Waals surface area (Å²) in [5.41, 5.74) is 0. The fourth-order valence-electron chi connectivity index (χ4n) is 1.84. The molecule has 0 spiro atoms. The molecule has 0 saturated heterocycles. The first kappa shape index (κ1) is 15.7. The van der Waals surface area contributed by atoms with Crippen molar-refractivity contribution >= 4 is 17.8 Å². The van der Waals surface area contributed by atoms with Crippen molar-refractivity contribution in [1.29, 1.82) is 0 Å². The fourth-order valence-corrected chi connectivity index (χ4v) is 1.84. The minimum absolute atomic E-state index is 0.0320. The SMILES string of the molecule is CCN(CC)C(=O)CC(C(=O)O)c1ccc(C(=O)O)o1. The lowest BCUT2D eigenvalue weighted by Crippen LogP contribution is -2.32. The zero-order valence-electron chi connectivity index (χ0n) is 11.3. The number of carboxylic acid groups (broad SMARTS) is 2. The number of hydrogen-bond acceptors (Lipinski definition) is 4. The largest absolute Gasteiger partial charge is 0.481 e. The molecule has 0 aliphatic heterocycles. The number of aromatic carboxylic acids is 1. The van der Waals surface area contributed by atoms with E-state index in [1.807, 2.05) is 0 Å². The highest BCUT2D eigenvalue weighted by atomic mass is 16.4. The van der Waals surface area contributed by atoms with Gasteiger partial charge < -0.3 is 19.5 Å². The molecular formula is C13H17NO6. The zero-order chi connectivity index (χ0) is 15.3. The molecule has 0 aromatic carbocycles. The van der Waals surface area contributed by atoms with Crippen LogP contribution in [0.2, 0.25) is 0 Å². The Balaban J connectivity index is 2.91. The van der Waals surface area contributed by atoms with E-state index in [0.29, 0.717) is 13.1 Å². The van der Waals surface area contributed by atoms with Crippen LogP contribution in [0.25, 0.3) is 0 Å². The maximum absolute atomic E-state index is 11.9. The van der Waals surface area contributed by atoms with E-state index in [1.165, 1.54) is 17.0 Å². The molecule has 20 heavy (non-hydrogen) atoms. The van der Waals surface area contributed by atoms with E-state index in [1.54, 1.807) is 13.8 Å². The highest BCUT2D eigenvalue weighted by Gasteiger charge is 2.28. The second kappa shape index (κ2) is 6.74. The van der Waals surface area contributed by atoms with Gasteiger partial charge >= 0.3 is 11.9 Å². The summed E-state index contributed by atoms with van der Waals surface area (Å²) in [7, 11) is 0. The van der Waals surface area contributed by atoms with Gasteiger partial charge in [0.15, 0.2) is 0 Å². The molecule has 0 aliphatic rings. The third kappa shape index (κ3) is 3.59. The summed E-state index contributed by atoms with van der Waals surface area (Å²) in [5.74, 6) is -4.38. The number of carboxylic acids is 2. The van der Waals surface area contributed by atoms with E-state index in [0.717, 1.165) is 0 Å². The predicted octanol–water partition coefficient (Wildman–Crippen LogP) is 1.40. The summed E-state index contributed by atoms with van der Waals surface area (Å²) >= 11 is 0. The quantitative estimate of drug-likeness (QED) is 0.783. The first-order valence-corrected chi connectivity index (χ1v) is 6.24. The third-order valence-electron chi connectivity index (χ3n) is 2.97. The van der Waals surface area contributed by atoms with Gasteiger partial charge in [-0.1, -0.05) is 0 Å². The minimum Gasteiger partial charge on any atom is -0.481 e. The Morgan fingerprint density at radius 2 is 1.80 bits per heavy atom.